The van der Waals surface area contributed by atoms with E-state index < -0.39 is 22.8 Å². The lowest BCUT2D eigenvalue weighted by atomic mass is 9.99. The zero-order valence-electron chi connectivity index (χ0n) is 21.7. The number of thioether (sulfide) groups is 1. The number of benzene rings is 3. The normalized spacial score (nSPS) is 14.9. The van der Waals surface area contributed by atoms with E-state index in [9.17, 15) is 14.0 Å². The summed E-state index contributed by atoms with van der Waals surface area (Å²) in [6, 6.07) is 25.0. The Hall–Kier alpha value is -4.70. The van der Waals surface area contributed by atoms with Crippen LogP contribution in [0.2, 0.25) is 0 Å². The van der Waals surface area contributed by atoms with Crippen LogP contribution in [-0.4, -0.2) is 33.9 Å². The van der Waals surface area contributed by atoms with Gasteiger partial charge in [0.1, 0.15) is 29.8 Å². The van der Waals surface area contributed by atoms with Gasteiger partial charge in [-0.25, -0.2) is 13.5 Å². The summed E-state index contributed by atoms with van der Waals surface area (Å²) in [4.78, 5) is 28.2. The number of hydrogen-bond acceptors (Lipinski definition) is 5. The van der Waals surface area contributed by atoms with Crippen LogP contribution in [0.4, 0.5) is 14.6 Å². The number of fused-ring (bicyclic) bond motifs is 1. The molecule has 2 aromatic heterocycles. The van der Waals surface area contributed by atoms with Crippen LogP contribution in [0, 0.1) is 11.6 Å². The summed E-state index contributed by atoms with van der Waals surface area (Å²) in [7, 11) is 0. The molecule has 1 atom stereocenters. The van der Waals surface area contributed by atoms with Crippen molar-refractivity contribution in [2.45, 2.75) is 11.8 Å². The molecular weight excluding hydrogens is 546 g/mol. The fraction of sp³-hybridized carbons (Fsp3) is 0.129. The summed E-state index contributed by atoms with van der Waals surface area (Å²) in [5.74, 6) is -0.710. The van der Waals surface area contributed by atoms with Gasteiger partial charge < -0.3 is 9.73 Å². The molecule has 6 rings (SSSR count). The lowest BCUT2D eigenvalue weighted by Gasteiger charge is -2.23. The van der Waals surface area contributed by atoms with Crippen LogP contribution in [0.25, 0.3) is 16.9 Å². The van der Waals surface area contributed by atoms with Crippen molar-refractivity contribution in [3.05, 3.63) is 126 Å². The highest BCUT2D eigenvalue weighted by Gasteiger charge is 2.38. The van der Waals surface area contributed by atoms with Crippen LogP contribution in [0.15, 0.2) is 102 Å². The maximum atomic E-state index is 15.3. The SMILES string of the molecule is O=C(CN1C(=O)CSC(c2ccccc2F)c2c(-c3ccccc3)nn(-c3ccc(F)cc3)c21)NCc1ccco1. The average Bonchev–Trinajstić information content (AvgIpc) is 3.62. The summed E-state index contributed by atoms with van der Waals surface area (Å²) in [6.07, 6.45) is 1.51. The highest BCUT2D eigenvalue weighted by molar-refractivity contribution is 8.00. The zero-order valence-corrected chi connectivity index (χ0v) is 22.5. The minimum atomic E-state index is -0.615. The molecule has 1 unspecified atom stereocenters. The fourth-order valence-electron chi connectivity index (χ4n) is 4.82. The van der Waals surface area contributed by atoms with E-state index in [0.29, 0.717) is 34.1 Å². The first-order valence-electron chi connectivity index (χ1n) is 12.9. The highest BCUT2D eigenvalue weighted by atomic mass is 32.2. The Bertz CT molecular complexity index is 1690. The fourth-order valence-corrected chi connectivity index (χ4v) is 6.04. The second kappa shape index (κ2) is 11.4. The molecular formula is C31H24F2N4O3S. The number of anilines is 1. The Kier molecular flexibility index (Phi) is 7.39. The third-order valence-corrected chi connectivity index (χ3v) is 7.97. The van der Waals surface area contributed by atoms with E-state index in [0.717, 1.165) is 5.56 Å². The number of furan rings is 1. The standard InChI is InChI=1S/C31H24F2N4O3S/c32-21-12-14-22(15-13-21)37-31-28(29(35-37)20-7-2-1-3-8-20)30(24-10-4-5-11-25(24)33)41-19-27(39)36(31)18-26(38)34-17-23-9-6-16-40-23/h1-16,30H,17-19H2,(H,34,38). The van der Waals surface area contributed by atoms with Crippen molar-refractivity contribution in [3.8, 4) is 16.9 Å². The van der Waals surface area contributed by atoms with E-state index in [-0.39, 0.29) is 24.7 Å². The van der Waals surface area contributed by atoms with E-state index in [2.05, 4.69) is 5.32 Å². The van der Waals surface area contributed by atoms with Crippen molar-refractivity contribution in [1.82, 2.24) is 15.1 Å². The summed E-state index contributed by atoms with van der Waals surface area (Å²) in [5.41, 5.74) is 2.74. The van der Waals surface area contributed by atoms with Crippen LogP contribution >= 0.6 is 11.8 Å². The summed E-state index contributed by atoms with van der Waals surface area (Å²) in [5, 5.41) is 7.08. The van der Waals surface area contributed by atoms with Gasteiger partial charge in [-0.3, -0.25) is 14.5 Å². The first-order valence-corrected chi connectivity index (χ1v) is 13.9. The van der Waals surface area contributed by atoms with Gasteiger partial charge in [-0.05, 0) is 42.5 Å². The Balaban J connectivity index is 1.54. The molecule has 0 fully saturated rings. The molecule has 41 heavy (non-hydrogen) atoms. The van der Waals surface area contributed by atoms with Crippen LogP contribution in [0.1, 0.15) is 22.1 Å². The van der Waals surface area contributed by atoms with Gasteiger partial charge in [0, 0.05) is 16.7 Å². The van der Waals surface area contributed by atoms with Crippen molar-refractivity contribution in [2.24, 2.45) is 0 Å². The number of nitrogens with one attached hydrogen (secondary N) is 1. The predicted octanol–water partition coefficient (Wildman–Crippen LogP) is 5.90. The quantitative estimate of drug-likeness (QED) is 0.264. The molecule has 1 aliphatic rings. The molecule has 206 valence electrons. The number of nitrogens with zero attached hydrogens (tertiary/aromatic N) is 3. The summed E-state index contributed by atoms with van der Waals surface area (Å²) in [6.45, 7) is -0.155. The molecule has 2 amide bonds. The molecule has 1 aliphatic heterocycles. The molecule has 0 bridgehead atoms. The minimum absolute atomic E-state index is 0.00318. The van der Waals surface area contributed by atoms with E-state index in [1.54, 1.807) is 42.5 Å². The summed E-state index contributed by atoms with van der Waals surface area (Å²) < 4.78 is 36.1. The van der Waals surface area contributed by atoms with Gasteiger partial charge in [0.05, 0.1) is 35.2 Å². The first kappa shape index (κ1) is 26.5. The molecule has 3 aromatic carbocycles. The van der Waals surface area contributed by atoms with Gasteiger partial charge >= 0.3 is 0 Å². The van der Waals surface area contributed by atoms with E-state index in [1.807, 2.05) is 30.3 Å². The molecule has 0 spiro atoms. The van der Waals surface area contributed by atoms with Crippen LogP contribution < -0.4 is 10.2 Å². The predicted molar refractivity (Wildman–Crippen MR) is 153 cm³/mol. The van der Waals surface area contributed by atoms with Crippen LogP contribution in [-0.2, 0) is 16.1 Å². The summed E-state index contributed by atoms with van der Waals surface area (Å²) >= 11 is 1.27. The molecule has 3 heterocycles. The minimum Gasteiger partial charge on any atom is -0.467 e. The average molecular weight is 571 g/mol. The number of amides is 2. The molecule has 0 saturated carbocycles. The lowest BCUT2D eigenvalue weighted by Crippen LogP contribution is -2.42. The maximum Gasteiger partial charge on any atom is 0.240 e. The van der Waals surface area contributed by atoms with Crippen LogP contribution in [0.3, 0.4) is 0 Å². The van der Waals surface area contributed by atoms with Gasteiger partial charge in [0.25, 0.3) is 0 Å². The molecule has 0 aliphatic carbocycles. The van der Waals surface area contributed by atoms with Gasteiger partial charge in [0.2, 0.25) is 11.8 Å². The van der Waals surface area contributed by atoms with Gasteiger partial charge in [0.15, 0.2) is 0 Å². The van der Waals surface area contributed by atoms with Crippen molar-refractivity contribution < 1.29 is 22.8 Å². The third-order valence-electron chi connectivity index (χ3n) is 6.74. The van der Waals surface area contributed by atoms with E-state index in [4.69, 9.17) is 9.52 Å². The van der Waals surface area contributed by atoms with Crippen molar-refractivity contribution in [2.75, 3.05) is 17.2 Å². The highest BCUT2D eigenvalue weighted by Crippen LogP contribution is 2.49. The van der Waals surface area contributed by atoms with E-state index in [1.165, 1.54) is 45.8 Å². The van der Waals surface area contributed by atoms with Gasteiger partial charge in [-0.1, -0.05) is 48.5 Å². The Morgan fingerprint density at radius 2 is 1.73 bits per heavy atom. The number of carbonyl (C=O) groups excluding carboxylic acids is 2. The number of hydrogen-bond donors (Lipinski definition) is 1. The Morgan fingerprint density at radius 3 is 2.46 bits per heavy atom. The number of rotatable bonds is 7. The molecule has 7 nitrogen and oxygen atoms in total. The van der Waals surface area contributed by atoms with Crippen molar-refractivity contribution >= 4 is 29.4 Å². The molecule has 10 heteroatoms. The smallest absolute Gasteiger partial charge is 0.240 e. The maximum absolute atomic E-state index is 15.3. The van der Waals surface area contributed by atoms with Gasteiger partial charge in [-0.15, -0.1) is 11.8 Å². The van der Waals surface area contributed by atoms with E-state index >= 15 is 4.39 Å². The molecule has 0 radical (unpaired) electrons. The monoisotopic (exact) mass is 570 g/mol. The second-order valence-electron chi connectivity index (χ2n) is 9.39. The third kappa shape index (κ3) is 5.38. The van der Waals surface area contributed by atoms with Gasteiger partial charge in [-0.2, -0.15) is 5.10 Å². The second-order valence-corrected chi connectivity index (χ2v) is 10.5. The van der Waals surface area contributed by atoms with Crippen molar-refractivity contribution in [1.29, 1.82) is 0 Å². The molecule has 1 N–H and O–H groups in total. The largest absolute Gasteiger partial charge is 0.467 e. The molecule has 0 saturated heterocycles. The number of carbonyl (C=O) groups is 2. The first-order chi connectivity index (χ1) is 20.0. The number of aromatic nitrogens is 2. The zero-order chi connectivity index (χ0) is 28.3. The number of halogens is 2. The Labute approximate surface area is 238 Å². The lowest BCUT2D eigenvalue weighted by molar-refractivity contribution is -0.123. The Morgan fingerprint density at radius 1 is 0.976 bits per heavy atom. The van der Waals surface area contributed by atoms with Crippen molar-refractivity contribution in [3.63, 3.8) is 0 Å². The molecule has 5 aromatic rings. The topological polar surface area (TPSA) is 80.4 Å². The van der Waals surface area contributed by atoms with Crippen LogP contribution in [0.5, 0.6) is 0 Å².